The molecule has 76 valence electrons. The van der Waals surface area contributed by atoms with E-state index in [2.05, 4.69) is 21.2 Å². The van der Waals surface area contributed by atoms with Crippen LogP contribution in [0.25, 0.3) is 0 Å². The van der Waals surface area contributed by atoms with Gasteiger partial charge in [-0.2, -0.15) is 0 Å². The highest BCUT2D eigenvalue weighted by Crippen LogP contribution is 2.27. The minimum absolute atomic E-state index is 0.104. The Bertz CT molecular complexity index is 342. The van der Waals surface area contributed by atoms with Gasteiger partial charge in [-0.3, -0.25) is 10.1 Å². The number of nitrogens with zero attached hydrogens (tertiary/aromatic N) is 1. The predicted molar refractivity (Wildman–Crippen MR) is 59.6 cm³/mol. The Hall–Kier alpha value is -1.10. The van der Waals surface area contributed by atoms with Crippen molar-refractivity contribution in [3.8, 4) is 0 Å². The molecule has 0 aromatic heterocycles. The third-order valence-electron chi connectivity index (χ3n) is 1.72. The molecule has 1 rings (SSSR count). The lowest BCUT2D eigenvalue weighted by molar-refractivity contribution is -0.384. The molecule has 0 heterocycles. The van der Waals surface area contributed by atoms with Crippen LogP contribution in [0.1, 0.15) is 13.3 Å². The van der Waals surface area contributed by atoms with Crippen LogP contribution in [0.2, 0.25) is 0 Å². The van der Waals surface area contributed by atoms with Crippen LogP contribution in [-0.2, 0) is 0 Å². The number of rotatable bonds is 4. The van der Waals surface area contributed by atoms with E-state index in [1.807, 2.05) is 6.92 Å². The highest BCUT2D eigenvalue weighted by atomic mass is 79.9. The van der Waals surface area contributed by atoms with Gasteiger partial charge >= 0.3 is 0 Å². The summed E-state index contributed by atoms with van der Waals surface area (Å²) in [4.78, 5) is 10.3. The summed E-state index contributed by atoms with van der Waals surface area (Å²) in [6.07, 6.45) is 0.938. The molecule has 0 aliphatic carbocycles. The highest BCUT2D eigenvalue weighted by Gasteiger charge is 2.12. The standard InChI is InChI=1S/C9H11BrN2O2/c1-2-5-11-8-4-3-7(10)6-9(8)12(13)14/h3-4,6,11H,2,5H2,1H3. The summed E-state index contributed by atoms with van der Waals surface area (Å²) in [6.45, 7) is 2.75. The van der Waals surface area contributed by atoms with Crippen molar-refractivity contribution in [2.75, 3.05) is 11.9 Å². The average Bonchev–Trinajstić information content (AvgIpc) is 2.15. The van der Waals surface area contributed by atoms with E-state index < -0.39 is 0 Å². The van der Waals surface area contributed by atoms with Gasteiger partial charge in [0.2, 0.25) is 0 Å². The molecule has 0 spiro atoms. The van der Waals surface area contributed by atoms with Gasteiger partial charge in [0.05, 0.1) is 4.92 Å². The Morgan fingerprint density at radius 1 is 1.57 bits per heavy atom. The van der Waals surface area contributed by atoms with E-state index in [9.17, 15) is 10.1 Å². The third-order valence-corrected chi connectivity index (χ3v) is 2.22. The highest BCUT2D eigenvalue weighted by molar-refractivity contribution is 9.10. The number of nitrogens with one attached hydrogen (secondary N) is 1. The fourth-order valence-corrected chi connectivity index (χ4v) is 1.41. The zero-order valence-corrected chi connectivity index (χ0v) is 9.37. The Kier molecular flexibility index (Phi) is 3.88. The second-order valence-corrected chi connectivity index (χ2v) is 3.76. The topological polar surface area (TPSA) is 55.2 Å². The van der Waals surface area contributed by atoms with Gasteiger partial charge in [-0.05, 0) is 18.6 Å². The molecule has 0 bridgehead atoms. The number of benzene rings is 1. The number of hydrogen-bond donors (Lipinski definition) is 1. The monoisotopic (exact) mass is 258 g/mol. The van der Waals surface area contributed by atoms with Crippen LogP contribution in [0.5, 0.6) is 0 Å². The molecule has 0 fully saturated rings. The first-order valence-electron chi connectivity index (χ1n) is 4.33. The van der Waals surface area contributed by atoms with Crippen molar-refractivity contribution in [1.82, 2.24) is 0 Å². The molecular weight excluding hydrogens is 248 g/mol. The summed E-state index contributed by atoms with van der Waals surface area (Å²) < 4.78 is 0.714. The Morgan fingerprint density at radius 2 is 2.29 bits per heavy atom. The molecular formula is C9H11BrN2O2. The Labute approximate surface area is 90.6 Å². The van der Waals surface area contributed by atoms with Gasteiger partial charge in [-0.25, -0.2) is 0 Å². The van der Waals surface area contributed by atoms with Crippen molar-refractivity contribution in [3.05, 3.63) is 32.8 Å². The molecule has 1 aromatic rings. The average molecular weight is 259 g/mol. The van der Waals surface area contributed by atoms with Gasteiger partial charge in [0.25, 0.3) is 5.69 Å². The first-order valence-corrected chi connectivity index (χ1v) is 5.12. The van der Waals surface area contributed by atoms with Crippen molar-refractivity contribution in [2.24, 2.45) is 0 Å². The van der Waals surface area contributed by atoms with Crippen molar-refractivity contribution in [1.29, 1.82) is 0 Å². The van der Waals surface area contributed by atoms with E-state index in [-0.39, 0.29) is 10.6 Å². The van der Waals surface area contributed by atoms with E-state index in [1.165, 1.54) is 6.07 Å². The SMILES string of the molecule is CCCNc1ccc(Br)cc1[N+](=O)[O-]. The summed E-state index contributed by atoms with van der Waals surface area (Å²) in [6, 6.07) is 4.99. The van der Waals surface area contributed by atoms with Crippen LogP contribution >= 0.6 is 15.9 Å². The molecule has 0 aliphatic heterocycles. The molecule has 14 heavy (non-hydrogen) atoms. The summed E-state index contributed by atoms with van der Waals surface area (Å²) >= 11 is 3.20. The van der Waals surface area contributed by atoms with Crippen molar-refractivity contribution in [2.45, 2.75) is 13.3 Å². The molecule has 4 nitrogen and oxygen atoms in total. The number of halogens is 1. The molecule has 5 heteroatoms. The third kappa shape index (κ3) is 2.70. The molecule has 1 N–H and O–H groups in total. The van der Waals surface area contributed by atoms with E-state index in [0.29, 0.717) is 10.2 Å². The van der Waals surface area contributed by atoms with E-state index in [1.54, 1.807) is 12.1 Å². The number of anilines is 1. The normalized spacial score (nSPS) is 9.86. The molecule has 0 unspecified atom stereocenters. The van der Waals surface area contributed by atoms with Gasteiger partial charge in [0.15, 0.2) is 0 Å². The summed E-state index contributed by atoms with van der Waals surface area (Å²) in [5.74, 6) is 0. The van der Waals surface area contributed by atoms with Gasteiger partial charge in [0, 0.05) is 17.1 Å². The summed E-state index contributed by atoms with van der Waals surface area (Å²) in [7, 11) is 0. The lowest BCUT2D eigenvalue weighted by atomic mass is 10.2. The summed E-state index contributed by atoms with van der Waals surface area (Å²) in [5, 5.41) is 13.7. The lowest BCUT2D eigenvalue weighted by Gasteiger charge is -2.05. The van der Waals surface area contributed by atoms with Crippen LogP contribution in [0.15, 0.2) is 22.7 Å². The zero-order valence-electron chi connectivity index (χ0n) is 7.79. The largest absolute Gasteiger partial charge is 0.380 e. The Balaban J connectivity index is 2.96. The van der Waals surface area contributed by atoms with Crippen LogP contribution in [-0.4, -0.2) is 11.5 Å². The minimum Gasteiger partial charge on any atom is -0.380 e. The maximum atomic E-state index is 10.7. The molecule has 0 saturated carbocycles. The van der Waals surface area contributed by atoms with Crippen LogP contribution in [0.4, 0.5) is 11.4 Å². The first-order chi connectivity index (χ1) is 6.65. The van der Waals surface area contributed by atoms with Crippen LogP contribution in [0.3, 0.4) is 0 Å². The van der Waals surface area contributed by atoms with E-state index >= 15 is 0 Å². The maximum Gasteiger partial charge on any atom is 0.293 e. The van der Waals surface area contributed by atoms with Gasteiger partial charge in [-0.1, -0.05) is 22.9 Å². The predicted octanol–water partition coefficient (Wildman–Crippen LogP) is 3.18. The molecule has 0 amide bonds. The Morgan fingerprint density at radius 3 is 2.86 bits per heavy atom. The molecule has 0 atom stereocenters. The van der Waals surface area contributed by atoms with E-state index in [4.69, 9.17) is 0 Å². The molecule has 1 aromatic carbocycles. The maximum absolute atomic E-state index is 10.7. The van der Waals surface area contributed by atoms with Crippen molar-refractivity contribution >= 4 is 27.3 Å². The van der Waals surface area contributed by atoms with E-state index in [0.717, 1.165) is 13.0 Å². The first kappa shape index (κ1) is 11.0. The molecule has 0 saturated heterocycles. The number of hydrogen-bond acceptors (Lipinski definition) is 3. The second kappa shape index (κ2) is 4.95. The van der Waals surface area contributed by atoms with Crippen molar-refractivity contribution < 1.29 is 4.92 Å². The number of nitro groups is 1. The summed E-state index contributed by atoms with van der Waals surface area (Å²) in [5.41, 5.74) is 0.674. The van der Waals surface area contributed by atoms with Crippen molar-refractivity contribution in [3.63, 3.8) is 0 Å². The zero-order chi connectivity index (χ0) is 10.6. The van der Waals surface area contributed by atoms with Crippen LogP contribution < -0.4 is 5.32 Å². The van der Waals surface area contributed by atoms with Gasteiger partial charge < -0.3 is 5.32 Å². The fourth-order valence-electron chi connectivity index (χ4n) is 1.07. The number of nitro benzene ring substituents is 1. The second-order valence-electron chi connectivity index (χ2n) is 2.85. The minimum atomic E-state index is -0.386. The molecule has 0 radical (unpaired) electrons. The van der Waals surface area contributed by atoms with Gasteiger partial charge in [0.1, 0.15) is 5.69 Å². The van der Waals surface area contributed by atoms with Gasteiger partial charge in [-0.15, -0.1) is 0 Å². The fraction of sp³-hybridized carbons (Fsp3) is 0.333. The quantitative estimate of drug-likeness (QED) is 0.667. The van der Waals surface area contributed by atoms with Crippen LogP contribution in [0, 0.1) is 10.1 Å². The smallest absolute Gasteiger partial charge is 0.293 e. The molecule has 0 aliphatic rings. The lowest BCUT2D eigenvalue weighted by Crippen LogP contribution is -2.02.